The molecular weight excluding hydrogens is 248 g/mol. The highest BCUT2D eigenvalue weighted by Crippen LogP contribution is 2.23. The zero-order valence-corrected chi connectivity index (χ0v) is 11.0. The Bertz CT molecular complexity index is 717. The van der Waals surface area contributed by atoms with Gasteiger partial charge < -0.3 is 0 Å². The standard InChI is InChI=1S/C16H12N4/c1-12-4-2-5-13(8-12)14-6-3-7-15(9-14)19-20-16(10-17)11-18/h2-9,19H,1H3. The van der Waals surface area contributed by atoms with Crippen LogP contribution in [0.25, 0.3) is 11.1 Å². The van der Waals surface area contributed by atoms with Crippen LogP contribution in [0.1, 0.15) is 5.56 Å². The monoisotopic (exact) mass is 260 g/mol. The van der Waals surface area contributed by atoms with E-state index >= 15 is 0 Å². The summed E-state index contributed by atoms with van der Waals surface area (Å²) in [6.07, 6.45) is 0. The van der Waals surface area contributed by atoms with Gasteiger partial charge in [0, 0.05) is 0 Å². The lowest BCUT2D eigenvalue weighted by Crippen LogP contribution is -1.96. The van der Waals surface area contributed by atoms with Gasteiger partial charge in [-0.05, 0) is 30.2 Å². The number of hydrazone groups is 1. The van der Waals surface area contributed by atoms with Crippen LogP contribution in [-0.4, -0.2) is 5.71 Å². The number of nitrogens with one attached hydrogen (secondary N) is 1. The summed E-state index contributed by atoms with van der Waals surface area (Å²) in [4.78, 5) is 0. The number of nitrogens with zero attached hydrogens (tertiary/aromatic N) is 3. The third-order valence-corrected chi connectivity index (χ3v) is 2.72. The van der Waals surface area contributed by atoms with Gasteiger partial charge in [-0.1, -0.05) is 42.0 Å². The molecule has 96 valence electrons. The first-order valence-corrected chi connectivity index (χ1v) is 6.04. The molecule has 0 amide bonds. The fourth-order valence-corrected chi connectivity index (χ4v) is 1.79. The van der Waals surface area contributed by atoms with Gasteiger partial charge in [-0.15, -0.1) is 0 Å². The van der Waals surface area contributed by atoms with E-state index in [1.54, 1.807) is 12.1 Å². The van der Waals surface area contributed by atoms with Gasteiger partial charge in [-0.25, -0.2) is 0 Å². The van der Waals surface area contributed by atoms with Crippen molar-refractivity contribution < 1.29 is 0 Å². The summed E-state index contributed by atoms with van der Waals surface area (Å²) in [5, 5.41) is 21.0. The molecule has 1 N–H and O–H groups in total. The molecule has 0 saturated carbocycles. The average Bonchev–Trinajstić information content (AvgIpc) is 2.49. The molecule has 0 heterocycles. The van der Waals surface area contributed by atoms with Gasteiger partial charge in [0.15, 0.2) is 0 Å². The highest BCUT2D eigenvalue weighted by Gasteiger charge is 2.00. The Kier molecular flexibility index (Phi) is 4.11. The fraction of sp³-hybridized carbons (Fsp3) is 0.0625. The van der Waals surface area contributed by atoms with Crippen LogP contribution in [0.15, 0.2) is 53.6 Å². The molecule has 0 aliphatic rings. The van der Waals surface area contributed by atoms with Crippen molar-refractivity contribution in [3.05, 3.63) is 54.1 Å². The quantitative estimate of drug-likeness (QED) is 0.678. The van der Waals surface area contributed by atoms with Crippen LogP contribution < -0.4 is 5.43 Å². The van der Waals surface area contributed by atoms with Gasteiger partial charge in [0.05, 0.1) is 5.69 Å². The van der Waals surface area contributed by atoms with E-state index in [2.05, 4.69) is 16.6 Å². The number of aryl methyl sites for hydroxylation is 1. The van der Waals surface area contributed by atoms with Crippen molar-refractivity contribution >= 4 is 11.4 Å². The van der Waals surface area contributed by atoms with Crippen molar-refractivity contribution in [2.45, 2.75) is 6.92 Å². The molecule has 2 aromatic rings. The summed E-state index contributed by atoms with van der Waals surface area (Å²) < 4.78 is 0. The average molecular weight is 260 g/mol. The predicted octanol–water partition coefficient (Wildman–Crippen LogP) is 3.48. The smallest absolute Gasteiger partial charge is 0.237 e. The van der Waals surface area contributed by atoms with Gasteiger partial charge in [-0.3, -0.25) is 5.43 Å². The maximum Gasteiger partial charge on any atom is 0.237 e. The largest absolute Gasteiger partial charge is 0.276 e. The van der Waals surface area contributed by atoms with Crippen molar-refractivity contribution in [2.75, 3.05) is 5.43 Å². The Hall–Kier alpha value is -3.11. The van der Waals surface area contributed by atoms with Crippen LogP contribution in [0.4, 0.5) is 5.69 Å². The second-order valence-electron chi connectivity index (χ2n) is 4.25. The van der Waals surface area contributed by atoms with Crippen LogP contribution in [0.3, 0.4) is 0 Å². The van der Waals surface area contributed by atoms with E-state index in [1.807, 2.05) is 49.4 Å². The molecule has 4 heteroatoms. The summed E-state index contributed by atoms with van der Waals surface area (Å²) in [5.41, 5.74) is 6.59. The third-order valence-electron chi connectivity index (χ3n) is 2.72. The van der Waals surface area contributed by atoms with E-state index in [4.69, 9.17) is 10.5 Å². The number of anilines is 1. The van der Waals surface area contributed by atoms with Gasteiger partial charge >= 0.3 is 0 Å². The summed E-state index contributed by atoms with van der Waals surface area (Å²) >= 11 is 0. The van der Waals surface area contributed by atoms with E-state index < -0.39 is 0 Å². The number of rotatable bonds is 3. The molecule has 0 aromatic heterocycles. The van der Waals surface area contributed by atoms with Crippen LogP contribution in [0.5, 0.6) is 0 Å². The molecule has 0 aliphatic carbocycles. The molecule has 0 aliphatic heterocycles. The normalized spacial score (nSPS) is 9.15. The molecule has 20 heavy (non-hydrogen) atoms. The number of nitriles is 2. The molecule has 0 fully saturated rings. The summed E-state index contributed by atoms with van der Waals surface area (Å²) in [6.45, 7) is 2.04. The predicted molar refractivity (Wildman–Crippen MR) is 78.9 cm³/mol. The zero-order valence-electron chi connectivity index (χ0n) is 11.0. The number of benzene rings is 2. The SMILES string of the molecule is Cc1cccc(-c2cccc(NN=C(C#N)C#N)c2)c1. The van der Waals surface area contributed by atoms with Gasteiger partial charge in [-0.2, -0.15) is 15.6 Å². The zero-order chi connectivity index (χ0) is 14.4. The van der Waals surface area contributed by atoms with E-state index in [1.165, 1.54) is 5.56 Å². The first kappa shape index (κ1) is 13.3. The van der Waals surface area contributed by atoms with Crippen molar-refractivity contribution in [2.24, 2.45) is 5.10 Å². The van der Waals surface area contributed by atoms with Crippen LogP contribution in [0, 0.1) is 29.6 Å². The molecule has 0 atom stereocenters. The van der Waals surface area contributed by atoms with Crippen LogP contribution in [0.2, 0.25) is 0 Å². The molecular formula is C16H12N4. The molecule has 2 rings (SSSR count). The molecule has 0 saturated heterocycles. The Morgan fingerprint density at radius 1 is 1.00 bits per heavy atom. The fourth-order valence-electron chi connectivity index (χ4n) is 1.79. The Balaban J connectivity index is 2.28. The first-order valence-electron chi connectivity index (χ1n) is 6.04. The van der Waals surface area contributed by atoms with Gasteiger partial charge in [0.25, 0.3) is 0 Å². The molecule has 2 aromatic carbocycles. The number of hydrogen-bond donors (Lipinski definition) is 1. The van der Waals surface area contributed by atoms with Crippen molar-refractivity contribution in [1.82, 2.24) is 0 Å². The molecule has 4 nitrogen and oxygen atoms in total. The van der Waals surface area contributed by atoms with E-state index in [-0.39, 0.29) is 5.71 Å². The van der Waals surface area contributed by atoms with Crippen molar-refractivity contribution in [3.8, 4) is 23.3 Å². The van der Waals surface area contributed by atoms with Crippen LogP contribution >= 0.6 is 0 Å². The minimum absolute atomic E-state index is 0.203. The minimum atomic E-state index is -0.203. The Morgan fingerprint density at radius 2 is 1.65 bits per heavy atom. The van der Waals surface area contributed by atoms with Crippen molar-refractivity contribution in [3.63, 3.8) is 0 Å². The maximum atomic E-state index is 8.62. The number of hydrogen-bond acceptors (Lipinski definition) is 4. The summed E-state index contributed by atoms with van der Waals surface area (Å²) in [7, 11) is 0. The van der Waals surface area contributed by atoms with E-state index in [0.29, 0.717) is 0 Å². The molecule has 0 radical (unpaired) electrons. The lowest BCUT2D eigenvalue weighted by Gasteiger charge is -2.05. The lowest BCUT2D eigenvalue weighted by atomic mass is 10.0. The summed E-state index contributed by atoms with van der Waals surface area (Å²) in [5.74, 6) is 0. The van der Waals surface area contributed by atoms with E-state index in [9.17, 15) is 0 Å². The molecule has 0 spiro atoms. The second kappa shape index (κ2) is 6.17. The van der Waals surface area contributed by atoms with Gasteiger partial charge in [0.1, 0.15) is 12.1 Å². The Morgan fingerprint density at radius 3 is 2.30 bits per heavy atom. The Labute approximate surface area is 117 Å². The second-order valence-corrected chi connectivity index (χ2v) is 4.25. The van der Waals surface area contributed by atoms with Crippen molar-refractivity contribution in [1.29, 1.82) is 10.5 Å². The van der Waals surface area contributed by atoms with Crippen LogP contribution in [-0.2, 0) is 0 Å². The third kappa shape index (κ3) is 3.22. The summed E-state index contributed by atoms with van der Waals surface area (Å²) in [6, 6.07) is 19.2. The first-order chi connectivity index (χ1) is 9.72. The molecule has 0 bridgehead atoms. The van der Waals surface area contributed by atoms with Gasteiger partial charge in [0.2, 0.25) is 5.71 Å². The topological polar surface area (TPSA) is 72.0 Å². The van der Waals surface area contributed by atoms with E-state index in [0.717, 1.165) is 16.8 Å². The minimum Gasteiger partial charge on any atom is -0.276 e. The highest BCUT2D eigenvalue weighted by molar-refractivity contribution is 6.10. The maximum absolute atomic E-state index is 8.62. The molecule has 0 unspecified atom stereocenters. The lowest BCUT2D eigenvalue weighted by molar-refractivity contribution is 1.34. The highest BCUT2D eigenvalue weighted by atomic mass is 15.3.